The average Bonchev–Trinajstić information content (AvgIpc) is 2.60. The SMILES string of the molecule is Clc1ccc(SC(Cc2ccccc2)Sc2ccc(Cl)cc2)cc1. The number of rotatable bonds is 6. The monoisotopic (exact) mass is 390 g/mol. The first-order chi connectivity index (χ1) is 11.7. The van der Waals surface area contributed by atoms with Gasteiger partial charge in [-0.25, -0.2) is 0 Å². The van der Waals surface area contributed by atoms with Crippen molar-refractivity contribution in [3.63, 3.8) is 0 Å². The Morgan fingerprint density at radius 3 is 1.54 bits per heavy atom. The molecule has 3 aromatic carbocycles. The van der Waals surface area contributed by atoms with Gasteiger partial charge >= 0.3 is 0 Å². The zero-order valence-corrected chi connectivity index (χ0v) is 16.0. The normalized spacial score (nSPS) is 11.0. The molecule has 0 aromatic heterocycles. The lowest BCUT2D eigenvalue weighted by Crippen LogP contribution is -2.02. The molecular formula is C20H16Cl2S2. The predicted molar refractivity (Wildman–Crippen MR) is 109 cm³/mol. The van der Waals surface area contributed by atoms with Crippen LogP contribution in [0, 0.1) is 0 Å². The Morgan fingerprint density at radius 1 is 0.625 bits per heavy atom. The third kappa shape index (κ3) is 5.49. The van der Waals surface area contributed by atoms with E-state index in [1.165, 1.54) is 15.4 Å². The molecule has 0 aliphatic carbocycles. The lowest BCUT2D eigenvalue weighted by atomic mass is 10.2. The van der Waals surface area contributed by atoms with Crippen molar-refractivity contribution in [3.05, 3.63) is 94.5 Å². The van der Waals surface area contributed by atoms with Gasteiger partial charge in [0.1, 0.15) is 0 Å². The highest BCUT2D eigenvalue weighted by Gasteiger charge is 2.13. The van der Waals surface area contributed by atoms with Crippen molar-refractivity contribution in [1.29, 1.82) is 0 Å². The van der Waals surface area contributed by atoms with Gasteiger partial charge in [0.05, 0.1) is 4.58 Å². The van der Waals surface area contributed by atoms with Crippen LogP contribution in [-0.2, 0) is 6.42 Å². The summed E-state index contributed by atoms with van der Waals surface area (Å²) in [7, 11) is 0. The summed E-state index contributed by atoms with van der Waals surface area (Å²) in [6.07, 6.45) is 0.988. The molecule has 0 aliphatic heterocycles. The minimum absolute atomic E-state index is 0.370. The molecule has 0 bridgehead atoms. The van der Waals surface area contributed by atoms with Crippen LogP contribution in [0.1, 0.15) is 5.56 Å². The second-order valence-electron chi connectivity index (χ2n) is 5.26. The first-order valence-corrected chi connectivity index (χ1v) is 10.1. The molecule has 3 rings (SSSR count). The van der Waals surface area contributed by atoms with Crippen LogP contribution in [-0.4, -0.2) is 4.58 Å². The molecule has 0 saturated carbocycles. The van der Waals surface area contributed by atoms with Gasteiger partial charge in [0, 0.05) is 19.8 Å². The predicted octanol–water partition coefficient (Wildman–Crippen LogP) is 7.45. The summed E-state index contributed by atoms with van der Waals surface area (Å²) < 4.78 is 0.370. The number of halogens is 2. The van der Waals surface area contributed by atoms with Crippen molar-refractivity contribution in [2.24, 2.45) is 0 Å². The quantitative estimate of drug-likeness (QED) is 0.316. The summed E-state index contributed by atoms with van der Waals surface area (Å²) >= 11 is 15.7. The van der Waals surface area contributed by atoms with Crippen molar-refractivity contribution in [1.82, 2.24) is 0 Å². The Morgan fingerprint density at radius 2 is 1.08 bits per heavy atom. The number of hydrogen-bond donors (Lipinski definition) is 0. The summed E-state index contributed by atoms with van der Waals surface area (Å²) in [5.41, 5.74) is 1.34. The van der Waals surface area contributed by atoms with Gasteiger partial charge in [0.2, 0.25) is 0 Å². The summed E-state index contributed by atoms with van der Waals surface area (Å²) in [5.74, 6) is 0. The molecule has 0 aliphatic rings. The molecule has 4 heteroatoms. The molecule has 0 heterocycles. The topological polar surface area (TPSA) is 0 Å². The van der Waals surface area contributed by atoms with Crippen molar-refractivity contribution >= 4 is 46.7 Å². The lowest BCUT2D eigenvalue weighted by molar-refractivity contribution is 1.10. The first-order valence-electron chi connectivity index (χ1n) is 7.57. The third-order valence-corrected chi connectivity index (χ3v) is 6.44. The Balaban J connectivity index is 1.76. The smallest absolute Gasteiger partial charge is 0.0637 e. The molecule has 0 unspecified atom stereocenters. The van der Waals surface area contributed by atoms with Gasteiger partial charge in [0.15, 0.2) is 0 Å². The van der Waals surface area contributed by atoms with Gasteiger partial charge in [-0.05, 0) is 60.5 Å². The van der Waals surface area contributed by atoms with E-state index in [1.54, 1.807) is 0 Å². The largest absolute Gasteiger partial charge is 0.111 e. The molecule has 0 amide bonds. The van der Waals surface area contributed by atoms with E-state index in [0.717, 1.165) is 16.5 Å². The zero-order chi connectivity index (χ0) is 16.8. The number of thioether (sulfide) groups is 2. The van der Waals surface area contributed by atoms with Gasteiger partial charge in [-0.15, -0.1) is 23.5 Å². The van der Waals surface area contributed by atoms with Crippen LogP contribution < -0.4 is 0 Å². The molecule has 0 saturated heterocycles. The molecule has 3 aromatic rings. The zero-order valence-electron chi connectivity index (χ0n) is 12.9. The molecular weight excluding hydrogens is 375 g/mol. The Bertz CT molecular complexity index is 708. The van der Waals surface area contributed by atoms with E-state index in [4.69, 9.17) is 23.2 Å². The highest BCUT2D eigenvalue weighted by Crippen LogP contribution is 2.38. The molecule has 0 N–H and O–H groups in total. The van der Waals surface area contributed by atoms with E-state index in [2.05, 4.69) is 54.6 Å². The molecule has 24 heavy (non-hydrogen) atoms. The third-order valence-electron chi connectivity index (χ3n) is 3.41. The van der Waals surface area contributed by atoms with Crippen LogP contribution in [0.25, 0.3) is 0 Å². The maximum absolute atomic E-state index is 6.00. The van der Waals surface area contributed by atoms with Gasteiger partial charge in [-0.2, -0.15) is 0 Å². The summed E-state index contributed by atoms with van der Waals surface area (Å²) in [5, 5.41) is 1.54. The maximum Gasteiger partial charge on any atom is 0.0637 e. The van der Waals surface area contributed by atoms with E-state index in [0.29, 0.717) is 4.58 Å². The number of benzene rings is 3. The van der Waals surface area contributed by atoms with Crippen LogP contribution in [0.5, 0.6) is 0 Å². The standard InChI is InChI=1S/C20H16Cl2S2/c21-16-6-10-18(11-7-16)23-20(14-15-4-2-1-3-5-15)24-19-12-8-17(22)9-13-19/h1-13,20H,14H2. The Kier molecular flexibility index (Phi) is 6.56. The minimum atomic E-state index is 0.370. The fourth-order valence-corrected chi connectivity index (χ4v) is 5.10. The van der Waals surface area contributed by atoms with Crippen LogP contribution in [0.15, 0.2) is 88.7 Å². The second-order valence-corrected chi connectivity index (χ2v) is 8.99. The van der Waals surface area contributed by atoms with Gasteiger partial charge < -0.3 is 0 Å². The second kappa shape index (κ2) is 8.87. The van der Waals surface area contributed by atoms with Gasteiger partial charge in [-0.1, -0.05) is 53.5 Å². The summed E-state index contributed by atoms with van der Waals surface area (Å²) in [6.45, 7) is 0. The highest BCUT2D eigenvalue weighted by atomic mass is 35.5. The highest BCUT2D eigenvalue weighted by molar-refractivity contribution is 8.17. The van der Waals surface area contributed by atoms with E-state index in [1.807, 2.05) is 47.8 Å². The fraction of sp³-hybridized carbons (Fsp3) is 0.100. The van der Waals surface area contributed by atoms with E-state index in [9.17, 15) is 0 Å². The average molecular weight is 391 g/mol. The van der Waals surface area contributed by atoms with Crippen LogP contribution in [0.4, 0.5) is 0 Å². The molecule has 0 fully saturated rings. The Labute approximate surface area is 161 Å². The lowest BCUT2D eigenvalue weighted by Gasteiger charge is -2.17. The molecule has 0 radical (unpaired) electrons. The Hall–Kier alpha value is -1.06. The molecule has 122 valence electrons. The summed E-state index contributed by atoms with van der Waals surface area (Å²) in [6, 6.07) is 26.7. The van der Waals surface area contributed by atoms with Gasteiger partial charge in [-0.3, -0.25) is 0 Å². The van der Waals surface area contributed by atoms with Crippen molar-refractivity contribution in [2.75, 3.05) is 0 Å². The van der Waals surface area contributed by atoms with E-state index in [-0.39, 0.29) is 0 Å². The van der Waals surface area contributed by atoms with Crippen LogP contribution in [0.3, 0.4) is 0 Å². The van der Waals surface area contributed by atoms with Crippen molar-refractivity contribution < 1.29 is 0 Å². The van der Waals surface area contributed by atoms with Crippen molar-refractivity contribution in [3.8, 4) is 0 Å². The molecule has 0 atom stereocenters. The molecule has 0 spiro atoms. The summed E-state index contributed by atoms with van der Waals surface area (Å²) in [4.78, 5) is 2.45. The maximum atomic E-state index is 6.00. The minimum Gasteiger partial charge on any atom is -0.111 e. The van der Waals surface area contributed by atoms with Crippen molar-refractivity contribution in [2.45, 2.75) is 20.8 Å². The van der Waals surface area contributed by atoms with E-state index < -0.39 is 0 Å². The van der Waals surface area contributed by atoms with Crippen LogP contribution in [0.2, 0.25) is 10.0 Å². The molecule has 0 nitrogen and oxygen atoms in total. The number of hydrogen-bond acceptors (Lipinski definition) is 2. The van der Waals surface area contributed by atoms with Gasteiger partial charge in [0.25, 0.3) is 0 Å². The first kappa shape index (κ1) is 17.8. The van der Waals surface area contributed by atoms with E-state index >= 15 is 0 Å². The fourth-order valence-electron chi connectivity index (χ4n) is 2.24. The van der Waals surface area contributed by atoms with Crippen LogP contribution >= 0.6 is 46.7 Å².